The van der Waals surface area contributed by atoms with Crippen molar-refractivity contribution in [1.29, 1.82) is 0 Å². The van der Waals surface area contributed by atoms with E-state index >= 15 is 0 Å². The molecule has 0 bridgehead atoms. The number of sulfone groups is 1. The summed E-state index contributed by atoms with van der Waals surface area (Å²) < 4.78 is 28.3. The van der Waals surface area contributed by atoms with Crippen molar-refractivity contribution < 1.29 is 12.9 Å². The van der Waals surface area contributed by atoms with Crippen LogP contribution >= 0.6 is 0 Å². The molecule has 114 valence electrons. The predicted octanol–water partition coefficient (Wildman–Crippen LogP) is 3.22. The molecule has 2 rings (SSSR count). The lowest BCUT2D eigenvalue weighted by atomic mass is 9.85. The molecule has 0 aliphatic rings. The van der Waals surface area contributed by atoms with Gasteiger partial charge in [0.15, 0.2) is 9.84 Å². The van der Waals surface area contributed by atoms with Gasteiger partial charge in [0.1, 0.15) is 0 Å². The molecule has 5 nitrogen and oxygen atoms in total. The highest BCUT2D eigenvalue weighted by molar-refractivity contribution is 7.90. The van der Waals surface area contributed by atoms with Gasteiger partial charge in [-0.1, -0.05) is 25.9 Å². The van der Waals surface area contributed by atoms with Gasteiger partial charge in [0.25, 0.3) is 0 Å². The number of benzene rings is 1. The Bertz CT molecular complexity index is 714. The summed E-state index contributed by atoms with van der Waals surface area (Å²) in [5, 5.41) is 4.00. The minimum Gasteiger partial charge on any atom is -0.338 e. The van der Waals surface area contributed by atoms with Gasteiger partial charge in [-0.15, -0.1) is 0 Å². The fourth-order valence-electron chi connectivity index (χ4n) is 1.99. The van der Waals surface area contributed by atoms with Crippen LogP contribution in [0.4, 0.5) is 0 Å². The fourth-order valence-corrected chi connectivity index (χ4v) is 2.62. The van der Waals surface area contributed by atoms with Gasteiger partial charge < -0.3 is 4.52 Å². The van der Waals surface area contributed by atoms with Gasteiger partial charge in [-0.05, 0) is 37.1 Å². The molecule has 6 heteroatoms. The highest BCUT2D eigenvalue weighted by atomic mass is 32.2. The predicted molar refractivity (Wildman–Crippen MR) is 80.8 cm³/mol. The molecule has 2 aromatic rings. The third-order valence-electron chi connectivity index (χ3n) is 4.04. The Labute approximate surface area is 125 Å². The number of hydrogen-bond donors (Lipinski definition) is 0. The van der Waals surface area contributed by atoms with Crippen LogP contribution in [-0.4, -0.2) is 24.8 Å². The van der Waals surface area contributed by atoms with Crippen molar-refractivity contribution >= 4 is 9.84 Å². The zero-order valence-electron chi connectivity index (χ0n) is 12.8. The van der Waals surface area contributed by atoms with Crippen molar-refractivity contribution in [2.75, 3.05) is 6.26 Å². The molecule has 1 heterocycles. The van der Waals surface area contributed by atoms with E-state index in [4.69, 9.17) is 4.52 Å². The van der Waals surface area contributed by atoms with E-state index in [1.165, 1.54) is 6.26 Å². The van der Waals surface area contributed by atoms with E-state index in [0.717, 1.165) is 18.4 Å². The molecule has 0 unspecified atom stereocenters. The van der Waals surface area contributed by atoms with Crippen LogP contribution in [0.25, 0.3) is 11.4 Å². The van der Waals surface area contributed by atoms with Crippen LogP contribution < -0.4 is 0 Å². The second kappa shape index (κ2) is 5.60. The SMILES string of the molecule is CCC(C)(CC)c1nc(-c2ccc(S(C)(=O)=O)cc2)no1. The lowest BCUT2D eigenvalue weighted by Crippen LogP contribution is -2.19. The summed E-state index contributed by atoms with van der Waals surface area (Å²) in [6, 6.07) is 6.50. The van der Waals surface area contributed by atoms with Gasteiger partial charge in [0.2, 0.25) is 11.7 Å². The second-order valence-electron chi connectivity index (χ2n) is 5.49. The Morgan fingerprint density at radius 2 is 1.71 bits per heavy atom. The summed E-state index contributed by atoms with van der Waals surface area (Å²) in [7, 11) is -3.19. The minimum atomic E-state index is -3.19. The average molecular weight is 308 g/mol. The minimum absolute atomic E-state index is 0.127. The number of aromatic nitrogens is 2. The molecular weight excluding hydrogens is 288 g/mol. The molecule has 0 radical (unpaired) electrons. The van der Waals surface area contributed by atoms with E-state index in [-0.39, 0.29) is 10.3 Å². The summed E-state index contributed by atoms with van der Waals surface area (Å²) in [5.74, 6) is 1.10. The van der Waals surface area contributed by atoms with Crippen LogP contribution in [0.2, 0.25) is 0 Å². The fraction of sp³-hybridized carbons (Fsp3) is 0.467. The normalized spacial score (nSPS) is 12.6. The second-order valence-corrected chi connectivity index (χ2v) is 7.50. The number of nitrogens with zero attached hydrogens (tertiary/aromatic N) is 2. The standard InChI is InChI=1S/C15H20N2O3S/c1-5-15(3,6-2)14-16-13(17-20-14)11-7-9-12(10-8-11)21(4,18)19/h7-10H,5-6H2,1-4H3. The van der Waals surface area contributed by atoms with Gasteiger partial charge in [-0.2, -0.15) is 4.98 Å². The third-order valence-corrected chi connectivity index (χ3v) is 5.17. The molecule has 0 atom stereocenters. The summed E-state index contributed by atoms with van der Waals surface area (Å²) >= 11 is 0. The molecule has 1 aromatic heterocycles. The maximum Gasteiger partial charge on any atom is 0.232 e. The van der Waals surface area contributed by atoms with E-state index in [1.807, 2.05) is 0 Å². The topological polar surface area (TPSA) is 73.1 Å². The number of rotatable bonds is 5. The molecule has 0 N–H and O–H groups in total. The van der Waals surface area contributed by atoms with Crippen molar-refractivity contribution in [3.05, 3.63) is 30.2 Å². The van der Waals surface area contributed by atoms with Gasteiger partial charge in [0.05, 0.1) is 4.90 Å². The van der Waals surface area contributed by atoms with Gasteiger partial charge in [-0.25, -0.2) is 8.42 Å². The molecule has 0 aliphatic carbocycles. The van der Waals surface area contributed by atoms with E-state index in [9.17, 15) is 8.42 Å². The summed E-state index contributed by atoms with van der Waals surface area (Å²) in [6.45, 7) is 6.28. The quantitative estimate of drug-likeness (QED) is 0.848. The van der Waals surface area contributed by atoms with Crippen LogP contribution in [-0.2, 0) is 15.3 Å². The zero-order chi connectivity index (χ0) is 15.7. The number of hydrogen-bond acceptors (Lipinski definition) is 5. The summed E-state index contributed by atoms with van der Waals surface area (Å²) in [6.07, 6.45) is 3.01. The van der Waals surface area contributed by atoms with Crippen LogP contribution in [0.1, 0.15) is 39.5 Å². The van der Waals surface area contributed by atoms with E-state index in [0.29, 0.717) is 11.7 Å². The Kier molecular flexibility index (Phi) is 4.18. The third kappa shape index (κ3) is 3.15. The Morgan fingerprint density at radius 1 is 1.14 bits per heavy atom. The van der Waals surface area contributed by atoms with E-state index in [1.54, 1.807) is 24.3 Å². The monoisotopic (exact) mass is 308 g/mol. The molecular formula is C15H20N2O3S. The first-order chi connectivity index (χ1) is 9.80. The molecule has 0 spiro atoms. The van der Waals surface area contributed by atoms with Crippen molar-refractivity contribution in [3.8, 4) is 11.4 Å². The molecule has 0 saturated heterocycles. The van der Waals surface area contributed by atoms with Gasteiger partial charge >= 0.3 is 0 Å². The average Bonchev–Trinajstić information content (AvgIpc) is 2.96. The van der Waals surface area contributed by atoms with Crippen LogP contribution in [0.15, 0.2) is 33.7 Å². The Morgan fingerprint density at radius 3 is 2.19 bits per heavy atom. The van der Waals surface area contributed by atoms with Crippen molar-refractivity contribution in [3.63, 3.8) is 0 Å². The van der Waals surface area contributed by atoms with Crippen molar-refractivity contribution in [2.24, 2.45) is 0 Å². The first-order valence-electron chi connectivity index (χ1n) is 6.95. The van der Waals surface area contributed by atoms with E-state index in [2.05, 4.69) is 30.9 Å². The van der Waals surface area contributed by atoms with Crippen molar-refractivity contribution in [2.45, 2.75) is 43.9 Å². The molecule has 0 fully saturated rings. The Balaban J connectivity index is 2.34. The molecule has 1 aromatic carbocycles. The lowest BCUT2D eigenvalue weighted by molar-refractivity contribution is 0.279. The lowest BCUT2D eigenvalue weighted by Gasteiger charge is -2.20. The highest BCUT2D eigenvalue weighted by Crippen LogP contribution is 2.31. The van der Waals surface area contributed by atoms with Crippen LogP contribution in [0.5, 0.6) is 0 Å². The molecule has 21 heavy (non-hydrogen) atoms. The summed E-state index contributed by atoms with van der Waals surface area (Å²) in [4.78, 5) is 4.74. The van der Waals surface area contributed by atoms with Gasteiger partial charge in [0, 0.05) is 17.2 Å². The van der Waals surface area contributed by atoms with E-state index < -0.39 is 9.84 Å². The first-order valence-corrected chi connectivity index (χ1v) is 8.84. The smallest absolute Gasteiger partial charge is 0.232 e. The van der Waals surface area contributed by atoms with Gasteiger partial charge in [-0.3, -0.25) is 0 Å². The maximum absolute atomic E-state index is 11.4. The summed E-state index contributed by atoms with van der Waals surface area (Å²) in [5.41, 5.74) is 0.616. The highest BCUT2D eigenvalue weighted by Gasteiger charge is 2.29. The molecule has 0 amide bonds. The van der Waals surface area contributed by atoms with Crippen LogP contribution in [0, 0.1) is 0 Å². The molecule has 0 saturated carbocycles. The van der Waals surface area contributed by atoms with Crippen LogP contribution in [0.3, 0.4) is 0 Å². The van der Waals surface area contributed by atoms with Crippen molar-refractivity contribution in [1.82, 2.24) is 10.1 Å². The zero-order valence-corrected chi connectivity index (χ0v) is 13.6. The first kappa shape index (κ1) is 15.7. The molecule has 0 aliphatic heterocycles. The Hall–Kier alpha value is -1.69. The maximum atomic E-state index is 11.4. The largest absolute Gasteiger partial charge is 0.338 e.